The fraction of sp³-hybridized carbons (Fsp3) is 0.938. The van der Waals surface area contributed by atoms with Gasteiger partial charge in [0.15, 0.2) is 0 Å². The molecule has 0 saturated heterocycles. The number of alkyl halides is 1. The van der Waals surface area contributed by atoms with E-state index < -0.39 is 0 Å². The molecule has 0 aromatic carbocycles. The smallest absolute Gasteiger partial charge is 0.220 e. The Kier molecular flexibility index (Phi) is 7.41. The van der Waals surface area contributed by atoms with Crippen LogP contribution in [0.2, 0.25) is 0 Å². The van der Waals surface area contributed by atoms with E-state index in [0.717, 1.165) is 25.3 Å². The number of nitrogens with one attached hydrogen (secondary N) is 1. The third-order valence-corrected chi connectivity index (χ3v) is 4.51. The first-order valence-electron chi connectivity index (χ1n) is 7.77. The highest BCUT2D eigenvalue weighted by Crippen LogP contribution is 2.27. The Morgan fingerprint density at radius 3 is 2.47 bits per heavy atom. The normalized spacial score (nSPS) is 19.2. The van der Waals surface area contributed by atoms with Gasteiger partial charge in [-0.25, -0.2) is 0 Å². The molecule has 3 heteroatoms. The maximum absolute atomic E-state index is 11.8. The fourth-order valence-corrected chi connectivity index (χ4v) is 3.99. The minimum Gasteiger partial charge on any atom is -0.355 e. The standard InChI is InChI=1S/C16H30BrNO/c1-16(2,3)11-14(17)12-18-15(19)10-9-13-7-5-4-6-8-13/h13-14H,4-12H2,1-3H3,(H,18,19). The van der Waals surface area contributed by atoms with Crippen molar-refractivity contribution < 1.29 is 4.79 Å². The second-order valence-corrected chi connectivity index (χ2v) is 8.50. The van der Waals surface area contributed by atoms with Gasteiger partial charge < -0.3 is 5.32 Å². The van der Waals surface area contributed by atoms with E-state index >= 15 is 0 Å². The van der Waals surface area contributed by atoms with E-state index in [-0.39, 0.29) is 5.91 Å². The lowest BCUT2D eigenvalue weighted by Gasteiger charge is -2.23. The van der Waals surface area contributed by atoms with E-state index in [1.807, 2.05) is 0 Å². The van der Waals surface area contributed by atoms with E-state index in [4.69, 9.17) is 0 Å². The van der Waals surface area contributed by atoms with Gasteiger partial charge in [0.1, 0.15) is 0 Å². The van der Waals surface area contributed by atoms with Crippen molar-refractivity contribution in [3.05, 3.63) is 0 Å². The zero-order chi connectivity index (χ0) is 14.3. The first-order chi connectivity index (χ1) is 8.87. The van der Waals surface area contributed by atoms with Crippen molar-refractivity contribution in [1.29, 1.82) is 0 Å². The van der Waals surface area contributed by atoms with Crippen molar-refractivity contribution >= 4 is 21.8 Å². The fourth-order valence-electron chi connectivity index (χ4n) is 2.86. The molecule has 0 bridgehead atoms. The maximum atomic E-state index is 11.8. The number of hydrogen-bond donors (Lipinski definition) is 1. The van der Waals surface area contributed by atoms with Gasteiger partial charge in [-0.05, 0) is 24.2 Å². The monoisotopic (exact) mass is 331 g/mol. The SMILES string of the molecule is CC(C)(C)CC(Br)CNC(=O)CCC1CCCCC1. The molecule has 0 aromatic rings. The van der Waals surface area contributed by atoms with Gasteiger partial charge in [0, 0.05) is 17.8 Å². The number of halogens is 1. The van der Waals surface area contributed by atoms with Crippen molar-refractivity contribution in [2.75, 3.05) is 6.54 Å². The van der Waals surface area contributed by atoms with Gasteiger partial charge >= 0.3 is 0 Å². The molecule has 19 heavy (non-hydrogen) atoms. The van der Waals surface area contributed by atoms with Gasteiger partial charge in [0.2, 0.25) is 5.91 Å². The van der Waals surface area contributed by atoms with E-state index in [0.29, 0.717) is 16.7 Å². The molecule has 0 aliphatic heterocycles. The summed E-state index contributed by atoms with van der Waals surface area (Å²) in [6, 6.07) is 0. The minimum absolute atomic E-state index is 0.226. The largest absolute Gasteiger partial charge is 0.355 e. The molecule has 1 fully saturated rings. The van der Waals surface area contributed by atoms with Crippen LogP contribution in [-0.4, -0.2) is 17.3 Å². The molecule has 2 nitrogen and oxygen atoms in total. The minimum atomic E-state index is 0.226. The predicted molar refractivity (Wildman–Crippen MR) is 85.6 cm³/mol. The number of hydrogen-bond acceptors (Lipinski definition) is 1. The van der Waals surface area contributed by atoms with Gasteiger partial charge in [-0.15, -0.1) is 0 Å². The second-order valence-electron chi connectivity index (χ2n) is 7.21. The van der Waals surface area contributed by atoms with Crippen LogP contribution < -0.4 is 5.32 Å². The summed E-state index contributed by atoms with van der Waals surface area (Å²) in [5.41, 5.74) is 0.307. The number of rotatable bonds is 6. The lowest BCUT2D eigenvalue weighted by Crippen LogP contribution is -2.31. The lowest BCUT2D eigenvalue weighted by atomic mass is 9.86. The number of carbonyl (C=O) groups is 1. The Hall–Kier alpha value is -0.0500. The van der Waals surface area contributed by atoms with Crippen LogP contribution in [0.4, 0.5) is 0 Å². The molecule has 0 aromatic heterocycles. The predicted octanol–water partition coefficient (Wildman–Crippen LogP) is 4.66. The molecule has 1 N–H and O–H groups in total. The Balaban J connectivity index is 2.10. The van der Waals surface area contributed by atoms with Crippen LogP contribution in [0.3, 0.4) is 0 Å². The highest BCUT2D eigenvalue weighted by molar-refractivity contribution is 9.09. The zero-order valence-electron chi connectivity index (χ0n) is 12.8. The van der Waals surface area contributed by atoms with Gasteiger partial charge in [0.25, 0.3) is 0 Å². The van der Waals surface area contributed by atoms with Crippen molar-refractivity contribution in [3.8, 4) is 0 Å². The molecule has 0 heterocycles. The Morgan fingerprint density at radius 2 is 1.89 bits per heavy atom. The summed E-state index contributed by atoms with van der Waals surface area (Å²) in [4.78, 5) is 12.2. The quantitative estimate of drug-likeness (QED) is 0.704. The number of carbonyl (C=O) groups excluding carboxylic acids is 1. The van der Waals surface area contributed by atoms with Crippen molar-refractivity contribution in [2.45, 2.75) is 77.0 Å². The van der Waals surface area contributed by atoms with Crippen molar-refractivity contribution in [1.82, 2.24) is 5.32 Å². The third kappa shape index (κ3) is 8.67. The molecule has 1 unspecified atom stereocenters. The Morgan fingerprint density at radius 1 is 1.26 bits per heavy atom. The van der Waals surface area contributed by atoms with Gasteiger partial charge in [0.05, 0.1) is 0 Å². The zero-order valence-corrected chi connectivity index (χ0v) is 14.4. The van der Waals surface area contributed by atoms with Crippen LogP contribution in [0.5, 0.6) is 0 Å². The molecule has 0 radical (unpaired) electrons. The molecule has 1 aliphatic carbocycles. The second kappa shape index (κ2) is 8.28. The van der Waals surface area contributed by atoms with Gasteiger partial charge in [-0.1, -0.05) is 68.8 Å². The van der Waals surface area contributed by atoms with Crippen LogP contribution in [0.15, 0.2) is 0 Å². The van der Waals surface area contributed by atoms with E-state index in [9.17, 15) is 4.79 Å². The first kappa shape index (κ1) is 17.0. The number of amides is 1. The molecular weight excluding hydrogens is 302 g/mol. The van der Waals surface area contributed by atoms with Gasteiger partial charge in [-0.3, -0.25) is 4.79 Å². The summed E-state index contributed by atoms with van der Waals surface area (Å²) in [5, 5.41) is 3.06. The topological polar surface area (TPSA) is 29.1 Å². The third-order valence-electron chi connectivity index (χ3n) is 3.86. The first-order valence-corrected chi connectivity index (χ1v) is 8.69. The summed E-state index contributed by atoms with van der Waals surface area (Å²) in [6.45, 7) is 7.44. The summed E-state index contributed by atoms with van der Waals surface area (Å²) in [6.07, 6.45) is 9.65. The van der Waals surface area contributed by atoms with Crippen LogP contribution in [0.1, 0.15) is 72.1 Å². The van der Waals surface area contributed by atoms with Crippen LogP contribution in [0, 0.1) is 11.3 Å². The molecule has 1 atom stereocenters. The average molecular weight is 332 g/mol. The van der Waals surface area contributed by atoms with Gasteiger partial charge in [-0.2, -0.15) is 0 Å². The van der Waals surface area contributed by atoms with Crippen molar-refractivity contribution in [2.24, 2.45) is 11.3 Å². The summed E-state index contributed by atoms with van der Waals surface area (Å²) < 4.78 is 0. The highest BCUT2D eigenvalue weighted by atomic mass is 79.9. The van der Waals surface area contributed by atoms with Crippen LogP contribution in [-0.2, 0) is 4.79 Å². The molecule has 1 aliphatic rings. The summed E-state index contributed by atoms with van der Waals surface area (Å²) in [5.74, 6) is 1.03. The van der Waals surface area contributed by atoms with Crippen molar-refractivity contribution in [3.63, 3.8) is 0 Å². The summed E-state index contributed by atoms with van der Waals surface area (Å²) in [7, 11) is 0. The molecule has 0 spiro atoms. The van der Waals surface area contributed by atoms with E-state index in [1.165, 1.54) is 32.1 Å². The molecule has 1 amide bonds. The average Bonchev–Trinajstić information content (AvgIpc) is 2.33. The Labute approximate surface area is 127 Å². The lowest BCUT2D eigenvalue weighted by molar-refractivity contribution is -0.121. The molecule has 112 valence electrons. The van der Waals surface area contributed by atoms with E-state index in [1.54, 1.807) is 0 Å². The summed E-state index contributed by atoms with van der Waals surface area (Å²) >= 11 is 3.66. The van der Waals surface area contributed by atoms with Crippen LogP contribution >= 0.6 is 15.9 Å². The van der Waals surface area contributed by atoms with E-state index in [2.05, 4.69) is 42.0 Å². The molecule has 1 rings (SSSR count). The van der Waals surface area contributed by atoms with Crippen LogP contribution in [0.25, 0.3) is 0 Å². The Bertz CT molecular complexity index is 266. The highest BCUT2D eigenvalue weighted by Gasteiger charge is 2.18. The maximum Gasteiger partial charge on any atom is 0.220 e. The molecular formula is C16H30BrNO. The molecule has 1 saturated carbocycles.